The topological polar surface area (TPSA) is 338 Å². The first-order valence-corrected chi connectivity index (χ1v) is 45.3. The maximum absolute atomic E-state index is 12.2. The molecule has 0 aliphatic carbocycles. The number of allylic oxidation sites excluding steroid dienone is 3. The molecule has 4 aromatic carbocycles. The van der Waals surface area contributed by atoms with Crippen molar-refractivity contribution in [3.8, 4) is 23.0 Å². The molecule has 0 aromatic heterocycles. The first kappa shape index (κ1) is 99.1. The number of carbonyl (C=O) groups is 10. The fourth-order valence-corrected chi connectivity index (χ4v) is 6.19. The third kappa shape index (κ3) is 52.7. The Bertz CT molecular complexity index is 2880. The fourth-order valence-electron chi connectivity index (χ4n) is 6.10. The molecule has 4 rings (SSSR count). The molecular weight excluding hydrogens is 1270 g/mol. The van der Waals surface area contributed by atoms with Gasteiger partial charge in [0.05, 0.1) is 31.3 Å². The third-order valence-corrected chi connectivity index (χ3v) is 9.92. The number of aryl methyl sites for hydroxylation is 4. The van der Waals surface area contributed by atoms with E-state index in [2.05, 4.69) is 33.9 Å². The molecule has 0 aliphatic rings. The Balaban J connectivity index is -0.000000193. The number of aliphatic hydroxyl groups excluding tert-OH is 1. The summed E-state index contributed by atoms with van der Waals surface area (Å²) in [5.74, 6) is -3.72. The van der Waals surface area contributed by atoms with Gasteiger partial charge in [0.15, 0.2) is 0 Å². The van der Waals surface area contributed by atoms with Gasteiger partial charge in [-0.2, -0.15) is 0 Å². The number of carboxylic acids is 1. The van der Waals surface area contributed by atoms with Gasteiger partial charge in [0.2, 0.25) is 5.24 Å². The molecule has 0 bridgehead atoms. The Kier molecular flexibility index (Phi) is 70.3. The summed E-state index contributed by atoms with van der Waals surface area (Å²) < 4.78 is 29.4. The summed E-state index contributed by atoms with van der Waals surface area (Å²) in [5, 5.41) is 34.5. The van der Waals surface area contributed by atoms with Crippen molar-refractivity contribution in [3.05, 3.63) is 142 Å². The monoisotopic (exact) mass is 1360 g/mol. The summed E-state index contributed by atoms with van der Waals surface area (Å²) in [7, 11) is 1.28. The van der Waals surface area contributed by atoms with Crippen LogP contribution < -0.4 is 29.6 Å². The maximum atomic E-state index is 12.2. The van der Waals surface area contributed by atoms with Crippen molar-refractivity contribution in [2.45, 2.75) is 143 Å². The molecule has 91 heavy (non-hydrogen) atoms. The molecule has 0 radical (unpaired) electrons. The normalized spacial score (nSPS) is 9.18. The van der Waals surface area contributed by atoms with E-state index in [1.807, 2.05) is 53.7 Å². The number of nitrogens with one attached hydrogen (secondary N) is 2. The number of esters is 6. The molecule has 0 fully saturated rings. The van der Waals surface area contributed by atoms with Crippen molar-refractivity contribution in [2.24, 2.45) is 0 Å². The van der Waals surface area contributed by atoms with Crippen LogP contribution in [0.3, 0.4) is 0 Å². The molecule has 0 atom stereocenters. The average Bonchev–Trinajstić information content (AvgIpc) is 1.36. The number of methoxy groups -OCH3 is 1. The van der Waals surface area contributed by atoms with Gasteiger partial charge < -0.3 is 49.3 Å². The average molecular weight is 1370 g/mol. The predicted molar refractivity (Wildman–Crippen MR) is 355 cm³/mol. The number of unbranched alkanes of at least 4 members (excludes halogenated alkanes) is 1. The van der Waals surface area contributed by atoms with Crippen molar-refractivity contribution in [2.75, 3.05) is 39.8 Å². The second-order valence-corrected chi connectivity index (χ2v) is 17.7. The first-order chi connectivity index (χ1) is 42.3. The molecule has 496 valence electrons. The number of carbonyl (C=O) groups excluding carboxylic acids is 9. The van der Waals surface area contributed by atoms with Crippen LogP contribution in [-0.4, -0.2) is 172 Å². The Labute approximate surface area is 593 Å². The Morgan fingerprint density at radius 2 is 0.890 bits per heavy atom. The minimum absolute atomic E-state index is 0. The van der Waals surface area contributed by atoms with E-state index in [0.717, 1.165) is 41.5 Å². The zero-order valence-electron chi connectivity index (χ0n) is 54.1. The third-order valence-electron chi connectivity index (χ3n) is 9.77. The van der Waals surface area contributed by atoms with Crippen LogP contribution in [0.15, 0.2) is 97.1 Å². The van der Waals surface area contributed by atoms with Gasteiger partial charge in [-0.1, -0.05) is 97.5 Å². The quantitative estimate of drug-likeness (QED) is 0.00830. The fraction of sp³-hybridized carbons (Fsp3) is 0.415. The van der Waals surface area contributed by atoms with Gasteiger partial charge in [0.25, 0.3) is 11.8 Å². The number of rotatable bonds is 22. The first-order valence-electron chi connectivity index (χ1n) is 28.2. The molecule has 4 N–H and O–H groups in total. The van der Waals surface area contributed by atoms with Crippen LogP contribution in [-0.2, 0) is 38.2 Å². The van der Waals surface area contributed by atoms with Gasteiger partial charge in [-0.3, -0.25) is 38.4 Å². The van der Waals surface area contributed by atoms with E-state index in [0.29, 0.717) is 43.5 Å². The van der Waals surface area contributed by atoms with Crippen LogP contribution in [0.5, 0.6) is 23.0 Å². The Hall–Kier alpha value is -5.51. The standard InChI is InChI=1S/C19H25NO5.C13H17NO4.C11H12O4.C10H10O4.C7H11ClO.C2H6.CH3Cl.2CH4.2K.N2/c1-4-5-6-8-18(22)24-12-7-11-20-19(23)16-10-9-14(2)13-17(16)25-15(3)21;1-9-4-5-11(12(8-9)18-10(2)16)13(17)14-6-3-7-15;1-7-4-5-9(11(13)14-3)10(6-7)15-8(2)12;1-6-3-4-8(10(12)13)9(5-6)14-7(2)11;1-2-3-4-5-6-7(8)9;2*1-2;;;;;1-2/h5-6,9-10,13H,4,7-8,11-12H2,1-3H3,(H,20,23);4-5,8,15H,3,6-7H2,1-2H3,(H,14,17);4-6H,1-3H3;3-5H,1-2H3,(H,12,13);4-5H,2-3,6H2,1H3;1-2H3;1H3;2*1H4;;;/b6-5-;;;;5-4-;;;;;;;. The molecule has 22 nitrogen and oxygen atoms in total. The molecular formula is C65H92Cl2K2N4O18. The van der Waals surface area contributed by atoms with Crippen molar-refractivity contribution in [3.63, 3.8) is 0 Å². The molecule has 0 saturated carbocycles. The van der Waals surface area contributed by atoms with Crippen molar-refractivity contribution in [1.82, 2.24) is 10.6 Å². The predicted octanol–water partition coefficient (Wildman–Crippen LogP) is 12.2. The number of halogens is 2. The number of aliphatic hydroxyl groups is 1. The van der Waals surface area contributed by atoms with Gasteiger partial charge in [-0.25, -0.2) is 9.59 Å². The number of nitrogens with zero attached hydrogens (tertiary/aromatic N) is 2. The summed E-state index contributed by atoms with van der Waals surface area (Å²) in [5.41, 5.74) is 4.38. The molecule has 0 spiro atoms. The van der Waals surface area contributed by atoms with E-state index >= 15 is 0 Å². The van der Waals surface area contributed by atoms with Gasteiger partial charge in [-0.05, 0) is 136 Å². The van der Waals surface area contributed by atoms with Crippen molar-refractivity contribution in [1.29, 1.82) is 10.8 Å². The number of ether oxygens (including phenoxy) is 6. The van der Waals surface area contributed by atoms with E-state index in [1.165, 1.54) is 116 Å². The molecule has 4 aromatic rings. The van der Waals surface area contributed by atoms with Gasteiger partial charge in [0, 0.05) is 71.0 Å². The van der Waals surface area contributed by atoms with Crippen LogP contribution in [0.2, 0.25) is 0 Å². The minimum atomic E-state index is -1.11. The van der Waals surface area contributed by atoms with Crippen LogP contribution in [0.4, 0.5) is 0 Å². The molecule has 26 heteroatoms. The Morgan fingerprint density at radius 3 is 1.22 bits per heavy atom. The molecule has 0 saturated heterocycles. The molecule has 0 aliphatic heterocycles. The second-order valence-electron chi connectivity index (χ2n) is 17.2. The van der Waals surface area contributed by atoms with Gasteiger partial charge >= 0.3 is 105 Å². The molecule has 2 amide bonds. The van der Waals surface area contributed by atoms with Crippen LogP contribution in [0.1, 0.15) is 179 Å². The summed E-state index contributed by atoms with van der Waals surface area (Å²) in [6.07, 6.45) is 13.6. The van der Waals surface area contributed by atoms with Crippen molar-refractivity contribution < 1.29 is 86.6 Å². The van der Waals surface area contributed by atoms with E-state index in [-0.39, 0.29) is 91.6 Å². The number of hydrogen-bond donors (Lipinski definition) is 4. The number of amides is 2. The molecule has 0 unspecified atom stereocenters. The van der Waals surface area contributed by atoms with Crippen LogP contribution in [0.25, 0.3) is 0 Å². The summed E-state index contributed by atoms with van der Waals surface area (Å²) in [6, 6.07) is 19.6. The van der Waals surface area contributed by atoms with Gasteiger partial charge in [-0.15, -0.1) is 11.6 Å². The number of carboxylic acid groups (broad SMARTS) is 1. The molecule has 0 heterocycles. The zero-order valence-corrected chi connectivity index (χ0v) is 61.9. The van der Waals surface area contributed by atoms with E-state index < -0.39 is 35.8 Å². The second kappa shape index (κ2) is 64.6. The number of aromatic carboxylic acids is 1. The van der Waals surface area contributed by atoms with Gasteiger partial charge in [0.1, 0.15) is 34.1 Å². The van der Waals surface area contributed by atoms with Crippen LogP contribution in [0, 0.1) is 38.5 Å². The number of benzene rings is 4. The summed E-state index contributed by atoms with van der Waals surface area (Å²) in [4.78, 5) is 111. The van der Waals surface area contributed by atoms with E-state index in [1.54, 1.807) is 79.7 Å². The number of hydrogen-bond acceptors (Lipinski definition) is 19. The summed E-state index contributed by atoms with van der Waals surface area (Å²) >= 11 is 12.2. The summed E-state index contributed by atoms with van der Waals surface area (Å²) in [6.45, 7) is 21.5. The van der Waals surface area contributed by atoms with Crippen molar-refractivity contribution >= 4 is 145 Å². The Morgan fingerprint density at radius 1 is 0.549 bits per heavy atom. The van der Waals surface area contributed by atoms with E-state index in [9.17, 15) is 47.9 Å². The number of alkyl halides is 1. The zero-order chi connectivity index (χ0) is 69.5. The van der Waals surface area contributed by atoms with Crippen LogP contribution >= 0.6 is 23.2 Å². The van der Waals surface area contributed by atoms with E-state index in [4.69, 9.17) is 56.3 Å². The SMILES string of the molecule is C.C.CC.CC(=O)Oc1cc(C)ccc1C(=O)NCCCO.CC(=O)Oc1cc(C)ccc1C(=O)O.CC/C=C\CC(=O)OCCCNC(=O)c1ccc(C)cc1OC(C)=O.CCC/C=C\CC(=O)Cl.CCl.COC(=O)c1ccc(C)cc1OC(C)=O.N#N.[K][K].